The molecule has 2 rings (SSSR count). The van der Waals surface area contributed by atoms with Gasteiger partial charge in [0, 0.05) is 12.8 Å². The predicted molar refractivity (Wildman–Crippen MR) is 88.3 cm³/mol. The van der Waals surface area contributed by atoms with Crippen molar-refractivity contribution in [2.75, 3.05) is 20.1 Å². The van der Waals surface area contributed by atoms with E-state index in [0.29, 0.717) is 12.8 Å². The Kier molecular flexibility index (Phi) is 5.76. The number of aliphatic hydroxyl groups is 1. The van der Waals surface area contributed by atoms with Gasteiger partial charge in [0.15, 0.2) is 11.4 Å². The number of carbonyl (C=O) groups excluding carboxylic acids is 1. The van der Waals surface area contributed by atoms with Crippen molar-refractivity contribution >= 4 is 5.78 Å². The highest BCUT2D eigenvalue weighted by Crippen LogP contribution is 2.46. The maximum Gasteiger partial charge on any atom is 0.170 e. The number of nitrogens with zero attached hydrogens (tertiary/aromatic N) is 1. The number of Topliss-reactive ketones (excluding diaryl/α,β-unsaturated/α-hetero) is 1. The third-order valence-corrected chi connectivity index (χ3v) is 4.30. The Morgan fingerprint density at radius 2 is 2.00 bits per heavy atom. The molecule has 0 aliphatic heterocycles. The largest absolute Gasteiger partial charge is 0.377 e. The first kappa shape index (κ1) is 16.7. The van der Waals surface area contributed by atoms with E-state index in [2.05, 4.69) is 23.7 Å². The average molecular weight is 299 g/mol. The van der Waals surface area contributed by atoms with Crippen LogP contribution in [0.25, 0.3) is 0 Å². The molecule has 1 aromatic carbocycles. The van der Waals surface area contributed by atoms with E-state index in [4.69, 9.17) is 0 Å². The third-order valence-electron chi connectivity index (χ3n) is 4.30. The van der Waals surface area contributed by atoms with Gasteiger partial charge in [-0.25, -0.2) is 0 Å². The van der Waals surface area contributed by atoms with Crippen LogP contribution in [0.3, 0.4) is 0 Å². The number of ketones is 1. The molecular weight excluding hydrogens is 274 g/mol. The van der Waals surface area contributed by atoms with Crippen LogP contribution in [0.4, 0.5) is 0 Å². The Bertz CT molecular complexity index is 554. The van der Waals surface area contributed by atoms with Crippen molar-refractivity contribution in [3.63, 3.8) is 0 Å². The molecule has 1 unspecified atom stereocenters. The van der Waals surface area contributed by atoms with Crippen LogP contribution in [-0.4, -0.2) is 35.9 Å². The lowest BCUT2D eigenvalue weighted by Gasteiger charge is -2.27. The van der Waals surface area contributed by atoms with E-state index in [0.717, 1.165) is 31.5 Å². The molecule has 1 fully saturated rings. The summed E-state index contributed by atoms with van der Waals surface area (Å²) in [6.07, 6.45) is 2.66. The SMILES string of the molecule is CCN(C)CC#CCCC(=O)C(O)(c1ccccc1)C1CC1. The first-order valence-corrected chi connectivity index (χ1v) is 8.04. The molecule has 3 heteroatoms. The monoisotopic (exact) mass is 299 g/mol. The summed E-state index contributed by atoms with van der Waals surface area (Å²) in [5.74, 6) is 6.08. The van der Waals surface area contributed by atoms with Crippen LogP contribution < -0.4 is 0 Å². The highest BCUT2D eigenvalue weighted by Gasteiger charge is 2.49. The van der Waals surface area contributed by atoms with E-state index in [1.165, 1.54) is 0 Å². The summed E-state index contributed by atoms with van der Waals surface area (Å²) in [6.45, 7) is 3.76. The molecular formula is C19H25NO2. The maximum atomic E-state index is 12.6. The number of carbonyl (C=O) groups is 1. The number of hydrogen-bond acceptors (Lipinski definition) is 3. The van der Waals surface area contributed by atoms with Crippen LogP contribution in [0.15, 0.2) is 30.3 Å². The van der Waals surface area contributed by atoms with Gasteiger partial charge in [0.05, 0.1) is 6.54 Å². The van der Waals surface area contributed by atoms with Crippen molar-refractivity contribution in [2.24, 2.45) is 5.92 Å². The smallest absolute Gasteiger partial charge is 0.170 e. The van der Waals surface area contributed by atoms with Crippen molar-refractivity contribution in [3.05, 3.63) is 35.9 Å². The van der Waals surface area contributed by atoms with Crippen molar-refractivity contribution in [2.45, 2.75) is 38.2 Å². The van der Waals surface area contributed by atoms with Gasteiger partial charge in [0.25, 0.3) is 0 Å². The summed E-state index contributed by atoms with van der Waals surface area (Å²) in [6, 6.07) is 9.33. The quantitative estimate of drug-likeness (QED) is 0.787. The minimum Gasteiger partial charge on any atom is -0.377 e. The summed E-state index contributed by atoms with van der Waals surface area (Å²) < 4.78 is 0. The number of hydrogen-bond donors (Lipinski definition) is 1. The van der Waals surface area contributed by atoms with E-state index in [1.54, 1.807) is 0 Å². The maximum absolute atomic E-state index is 12.6. The predicted octanol–water partition coefficient (Wildman–Crippen LogP) is 2.59. The molecule has 0 aromatic heterocycles. The van der Waals surface area contributed by atoms with Gasteiger partial charge >= 0.3 is 0 Å². The molecule has 0 saturated heterocycles. The molecule has 1 atom stereocenters. The van der Waals surface area contributed by atoms with Gasteiger partial charge in [-0.1, -0.05) is 43.2 Å². The molecule has 1 N–H and O–H groups in total. The van der Waals surface area contributed by atoms with E-state index in [9.17, 15) is 9.90 Å². The fourth-order valence-corrected chi connectivity index (χ4v) is 2.58. The molecule has 0 bridgehead atoms. The minimum absolute atomic E-state index is 0.0709. The Morgan fingerprint density at radius 3 is 2.59 bits per heavy atom. The molecule has 22 heavy (non-hydrogen) atoms. The molecule has 0 radical (unpaired) electrons. The zero-order valence-electron chi connectivity index (χ0n) is 13.5. The van der Waals surface area contributed by atoms with Crippen molar-refractivity contribution in [1.82, 2.24) is 4.90 Å². The summed E-state index contributed by atoms with van der Waals surface area (Å²) in [5, 5.41) is 11.0. The molecule has 1 aromatic rings. The van der Waals surface area contributed by atoms with E-state index < -0.39 is 5.60 Å². The van der Waals surface area contributed by atoms with E-state index in [1.807, 2.05) is 37.4 Å². The summed E-state index contributed by atoms with van der Waals surface area (Å²) >= 11 is 0. The lowest BCUT2D eigenvalue weighted by molar-refractivity contribution is -0.140. The Morgan fingerprint density at radius 1 is 1.32 bits per heavy atom. The van der Waals surface area contributed by atoms with E-state index >= 15 is 0 Å². The summed E-state index contributed by atoms with van der Waals surface area (Å²) in [4.78, 5) is 14.7. The molecule has 1 aliphatic rings. The zero-order chi connectivity index (χ0) is 16.0. The van der Waals surface area contributed by atoms with Crippen LogP contribution in [0, 0.1) is 17.8 Å². The van der Waals surface area contributed by atoms with Crippen molar-refractivity contribution < 1.29 is 9.90 Å². The molecule has 0 heterocycles. The first-order chi connectivity index (χ1) is 10.6. The number of benzene rings is 1. The molecule has 0 amide bonds. The second-order valence-electron chi connectivity index (χ2n) is 6.01. The molecule has 118 valence electrons. The summed E-state index contributed by atoms with van der Waals surface area (Å²) in [5.41, 5.74) is -0.593. The molecule has 0 spiro atoms. The lowest BCUT2D eigenvalue weighted by atomic mass is 9.83. The fraction of sp³-hybridized carbons (Fsp3) is 0.526. The lowest BCUT2D eigenvalue weighted by Crippen LogP contribution is -2.38. The van der Waals surface area contributed by atoms with Gasteiger partial charge in [0.1, 0.15) is 0 Å². The molecule has 1 aliphatic carbocycles. The van der Waals surface area contributed by atoms with Gasteiger partial charge in [-0.05, 0) is 37.9 Å². The first-order valence-electron chi connectivity index (χ1n) is 8.04. The van der Waals surface area contributed by atoms with E-state index in [-0.39, 0.29) is 11.7 Å². The third kappa shape index (κ3) is 3.97. The second kappa shape index (κ2) is 7.58. The van der Waals surface area contributed by atoms with Crippen LogP contribution >= 0.6 is 0 Å². The van der Waals surface area contributed by atoms with Crippen molar-refractivity contribution in [1.29, 1.82) is 0 Å². The summed E-state index contributed by atoms with van der Waals surface area (Å²) in [7, 11) is 2.01. The minimum atomic E-state index is -1.32. The van der Waals surface area contributed by atoms with Gasteiger partial charge < -0.3 is 5.11 Å². The highest BCUT2D eigenvalue weighted by molar-refractivity contribution is 5.89. The standard InChI is InChI=1S/C19H25NO2/c1-3-20(2)15-9-5-8-12-18(21)19(22,17-13-14-17)16-10-6-4-7-11-16/h4,6-7,10-11,17,22H,3,8,12-15H2,1-2H3. The van der Waals surface area contributed by atoms with Crippen LogP contribution in [0.1, 0.15) is 38.2 Å². The second-order valence-corrected chi connectivity index (χ2v) is 6.01. The number of rotatable bonds is 7. The Balaban J connectivity index is 1.97. The van der Waals surface area contributed by atoms with Crippen LogP contribution in [-0.2, 0) is 10.4 Å². The normalized spacial score (nSPS) is 16.7. The van der Waals surface area contributed by atoms with Crippen LogP contribution in [0.2, 0.25) is 0 Å². The molecule has 3 nitrogen and oxygen atoms in total. The molecule has 1 saturated carbocycles. The highest BCUT2D eigenvalue weighted by atomic mass is 16.3. The fourth-order valence-electron chi connectivity index (χ4n) is 2.58. The Hall–Kier alpha value is -1.63. The van der Waals surface area contributed by atoms with Crippen molar-refractivity contribution in [3.8, 4) is 11.8 Å². The topological polar surface area (TPSA) is 40.5 Å². The van der Waals surface area contributed by atoms with Gasteiger partial charge in [0.2, 0.25) is 0 Å². The van der Waals surface area contributed by atoms with Gasteiger partial charge in [-0.2, -0.15) is 0 Å². The Labute approximate surface area is 133 Å². The van der Waals surface area contributed by atoms with Gasteiger partial charge in [-0.15, -0.1) is 5.92 Å². The average Bonchev–Trinajstić information content (AvgIpc) is 3.39. The van der Waals surface area contributed by atoms with Gasteiger partial charge in [-0.3, -0.25) is 9.69 Å². The van der Waals surface area contributed by atoms with Crippen LogP contribution in [0.5, 0.6) is 0 Å². The zero-order valence-corrected chi connectivity index (χ0v) is 13.5.